The number of rotatable bonds is 5. The van der Waals surface area contributed by atoms with E-state index in [2.05, 4.69) is 10.6 Å². The maximum Gasteiger partial charge on any atom is 0.416 e. The van der Waals surface area contributed by atoms with Gasteiger partial charge in [-0.2, -0.15) is 13.2 Å². The number of hydrogen-bond acceptors (Lipinski definition) is 3. The van der Waals surface area contributed by atoms with Gasteiger partial charge in [-0.05, 0) is 48.9 Å². The standard InChI is InChI=1S/C18H17F3N2O3/c1-11-3-8-15(26-2)14(9-11)23-16(24)10-22-17(25)12-4-6-13(7-5-12)18(19,20)21/h3-9H,10H2,1-2H3,(H,22,25)(H,23,24). The fourth-order valence-electron chi connectivity index (χ4n) is 2.19. The van der Waals surface area contributed by atoms with Crippen LogP contribution >= 0.6 is 0 Å². The first-order valence-corrected chi connectivity index (χ1v) is 7.60. The number of amides is 2. The predicted molar refractivity (Wildman–Crippen MR) is 90.1 cm³/mol. The molecule has 0 bridgehead atoms. The van der Waals surface area contributed by atoms with Gasteiger partial charge in [0.25, 0.3) is 5.91 Å². The van der Waals surface area contributed by atoms with Crippen LogP contribution in [0.2, 0.25) is 0 Å². The van der Waals surface area contributed by atoms with Gasteiger partial charge in [-0.25, -0.2) is 0 Å². The van der Waals surface area contributed by atoms with Crippen LogP contribution in [0.4, 0.5) is 18.9 Å². The zero-order valence-electron chi connectivity index (χ0n) is 14.1. The van der Waals surface area contributed by atoms with Crippen molar-refractivity contribution in [2.45, 2.75) is 13.1 Å². The van der Waals surface area contributed by atoms with Crippen molar-refractivity contribution in [2.24, 2.45) is 0 Å². The molecule has 0 aromatic heterocycles. The first kappa shape index (κ1) is 19.3. The van der Waals surface area contributed by atoms with Gasteiger partial charge in [0.1, 0.15) is 5.75 Å². The van der Waals surface area contributed by atoms with E-state index in [-0.39, 0.29) is 12.1 Å². The Bertz CT molecular complexity index is 802. The van der Waals surface area contributed by atoms with Crippen molar-refractivity contribution in [1.82, 2.24) is 5.32 Å². The van der Waals surface area contributed by atoms with E-state index >= 15 is 0 Å². The minimum absolute atomic E-state index is 0.0268. The van der Waals surface area contributed by atoms with Crippen LogP contribution in [0.25, 0.3) is 0 Å². The van der Waals surface area contributed by atoms with Gasteiger partial charge in [0.15, 0.2) is 0 Å². The molecule has 0 aliphatic carbocycles. The number of carbonyl (C=O) groups is 2. The molecule has 2 aromatic rings. The summed E-state index contributed by atoms with van der Waals surface area (Å²) in [5.74, 6) is -0.669. The molecule has 0 heterocycles. The van der Waals surface area contributed by atoms with Crippen molar-refractivity contribution in [3.05, 3.63) is 59.2 Å². The van der Waals surface area contributed by atoms with Gasteiger partial charge in [-0.1, -0.05) is 6.07 Å². The van der Waals surface area contributed by atoms with E-state index in [0.29, 0.717) is 11.4 Å². The SMILES string of the molecule is COc1ccc(C)cc1NC(=O)CNC(=O)c1ccc(C(F)(F)F)cc1. The Morgan fingerprint density at radius 1 is 1.08 bits per heavy atom. The molecule has 0 saturated heterocycles. The lowest BCUT2D eigenvalue weighted by molar-refractivity contribution is -0.137. The first-order chi connectivity index (χ1) is 12.2. The average Bonchev–Trinajstić information content (AvgIpc) is 2.59. The van der Waals surface area contributed by atoms with Crippen LogP contribution in [0.15, 0.2) is 42.5 Å². The molecule has 0 aliphatic rings. The van der Waals surface area contributed by atoms with Gasteiger partial charge in [-0.3, -0.25) is 9.59 Å². The molecule has 0 fully saturated rings. The average molecular weight is 366 g/mol. The number of ether oxygens (including phenoxy) is 1. The Kier molecular flexibility index (Phi) is 5.86. The summed E-state index contributed by atoms with van der Waals surface area (Å²) < 4.78 is 42.7. The smallest absolute Gasteiger partial charge is 0.416 e. The lowest BCUT2D eigenvalue weighted by Gasteiger charge is -2.12. The van der Waals surface area contributed by atoms with Crippen LogP contribution in [0.1, 0.15) is 21.5 Å². The van der Waals surface area contributed by atoms with Crippen LogP contribution in [-0.2, 0) is 11.0 Å². The van der Waals surface area contributed by atoms with Gasteiger partial charge in [-0.15, -0.1) is 0 Å². The number of methoxy groups -OCH3 is 1. The molecule has 2 N–H and O–H groups in total. The summed E-state index contributed by atoms with van der Waals surface area (Å²) in [6, 6.07) is 8.97. The largest absolute Gasteiger partial charge is 0.495 e. The summed E-state index contributed by atoms with van der Waals surface area (Å²) in [5, 5.41) is 4.97. The van der Waals surface area contributed by atoms with Crippen LogP contribution in [0, 0.1) is 6.92 Å². The first-order valence-electron chi connectivity index (χ1n) is 7.60. The molecule has 2 amide bonds. The van der Waals surface area contributed by atoms with Crippen molar-refractivity contribution < 1.29 is 27.5 Å². The topological polar surface area (TPSA) is 67.4 Å². The van der Waals surface area contributed by atoms with E-state index in [1.54, 1.807) is 12.1 Å². The molecule has 0 unspecified atom stereocenters. The summed E-state index contributed by atoms with van der Waals surface area (Å²) >= 11 is 0. The van der Waals surface area contributed by atoms with Crippen LogP contribution < -0.4 is 15.4 Å². The summed E-state index contributed by atoms with van der Waals surface area (Å²) in [5.41, 5.74) is 0.549. The summed E-state index contributed by atoms with van der Waals surface area (Å²) in [7, 11) is 1.46. The van der Waals surface area contributed by atoms with E-state index in [4.69, 9.17) is 4.74 Å². The Morgan fingerprint density at radius 3 is 2.31 bits per heavy atom. The monoisotopic (exact) mass is 366 g/mol. The summed E-state index contributed by atoms with van der Waals surface area (Å²) in [6.07, 6.45) is -4.47. The van der Waals surface area contributed by atoms with E-state index < -0.39 is 23.6 Å². The Hall–Kier alpha value is -3.03. The highest BCUT2D eigenvalue weighted by atomic mass is 19.4. The molecule has 26 heavy (non-hydrogen) atoms. The predicted octanol–water partition coefficient (Wildman–Crippen LogP) is 3.39. The normalized spacial score (nSPS) is 11.0. The Morgan fingerprint density at radius 2 is 1.73 bits per heavy atom. The molecule has 0 aliphatic heterocycles. The van der Waals surface area contributed by atoms with E-state index in [1.807, 2.05) is 13.0 Å². The number of alkyl halides is 3. The third-order valence-corrected chi connectivity index (χ3v) is 3.51. The zero-order chi connectivity index (χ0) is 19.3. The number of benzene rings is 2. The van der Waals surface area contributed by atoms with Crippen LogP contribution in [0.5, 0.6) is 5.75 Å². The van der Waals surface area contributed by atoms with Gasteiger partial charge in [0.2, 0.25) is 5.91 Å². The molecule has 138 valence electrons. The lowest BCUT2D eigenvalue weighted by Crippen LogP contribution is -2.33. The van der Waals surface area contributed by atoms with Crippen LogP contribution in [0.3, 0.4) is 0 Å². The van der Waals surface area contributed by atoms with Crippen molar-refractivity contribution >= 4 is 17.5 Å². The molecule has 0 atom stereocenters. The highest BCUT2D eigenvalue weighted by Gasteiger charge is 2.30. The van der Waals surface area contributed by atoms with Crippen molar-refractivity contribution in [3.8, 4) is 5.75 Å². The fraction of sp³-hybridized carbons (Fsp3) is 0.222. The minimum atomic E-state index is -4.47. The molecule has 0 spiro atoms. The van der Waals surface area contributed by atoms with E-state index in [9.17, 15) is 22.8 Å². The third-order valence-electron chi connectivity index (χ3n) is 3.51. The van der Waals surface area contributed by atoms with Crippen LogP contribution in [-0.4, -0.2) is 25.5 Å². The molecule has 0 radical (unpaired) electrons. The van der Waals surface area contributed by atoms with E-state index in [0.717, 1.165) is 29.8 Å². The maximum absolute atomic E-state index is 12.5. The molecule has 2 aromatic carbocycles. The number of hydrogen-bond donors (Lipinski definition) is 2. The minimum Gasteiger partial charge on any atom is -0.495 e. The molecule has 0 saturated carbocycles. The molecular weight excluding hydrogens is 349 g/mol. The number of anilines is 1. The molecule has 2 rings (SSSR count). The zero-order valence-corrected chi connectivity index (χ0v) is 14.1. The highest BCUT2D eigenvalue weighted by molar-refractivity contribution is 5.99. The highest BCUT2D eigenvalue weighted by Crippen LogP contribution is 2.29. The second-order valence-corrected chi connectivity index (χ2v) is 5.51. The quantitative estimate of drug-likeness (QED) is 0.852. The Balaban J connectivity index is 1.95. The van der Waals surface area contributed by atoms with Crippen molar-refractivity contribution in [2.75, 3.05) is 19.0 Å². The molecule has 8 heteroatoms. The van der Waals surface area contributed by atoms with Crippen molar-refractivity contribution in [3.63, 3.8) is 0 Å². The van der Waals surface area contributed by atoms with E-state index in [1.165, 1.54) is 7.11 Å². The number of aryl methyl sites for hydroxylation is 1. The summed E-state index contributed by atoms with van der Waals surface area (Å²) in [4.78, 5) is 23.9. The van der Waals surface area contributed by atoms with Gasteiger partial charge >= 0.3 is 6.18 Å². The van der Waals surface area contributed by atoms with Gasteiger partial charge in [0.05, 0.1) is 24.9 Å². The van der Waals surface area contributed by atoms with Gasteiger partial charge in [0, 0.05) is 5.56 Å². The summed E-state index contributed by atoms with van der Waals surface area (Å²) in [6.45, 7) is 1.51. The van der Waals surface area contributed by atoms with Gasteiger partial charge < -0.3 is 15.4 Å². The molecule has 5 nitrogen and oxygen atoms in total. The third kappa shape index (κ3) is 4.98. The number of carbonyl (C=O) groups excluding carboxylic acids is 2. The lowest BCUT2D eigenvalue weighted by atomic mass is 10.1. The number of halogens is 3. The van der Waals surface area contributed by atoms with Crippen molar-refractivity contribution in [1.29, 1.82) is 0 Å². The Labute approximate surface area is 148 Å². The maximum atomic E-state index is 12.5. The fourth-order valence-corrected chi connectivity index (χ4v) is 2.19. The number of nitrogens with one attached hydrogen (secondary N) is 2. The second-order valence-electron chi connectivity index (χ2n) is 5.51. The second kappa shape index (κ2) is 7.90. The molecular formula is C18H17F3N2O3.